The summed E-state index contributed by atoms with van der Waals surface area (Å²) >= 11 is 5.89. The molecule has 1 saturated heterocycles. The Bertz CT molecular complexity index is 1360. The number of hydrogen-bond donors (Lipinski definition) is 2. The summed E-state index contributed by atoms with van der Waals surface area (Å²) in [5.41, 5.74) is 4.12. The summed E-state index contributed by atoms with van der Waals surface area (Å²) < 4.78 is 0. The number of benzene rings is 1. The molecule has 0 bridgehead atoms. The highest BCUT2D eigenvalue weighted by atomic mass is 35.5. The molecule has 0 aliphatic carbocycles. The first-order valence-corrected chi connectivity index (χ1v) is 11.7. The minimum absolute atomic E-state index is 0.0219. The smallest absolute Gasteiger partial charge is 0.356 e. The number of nitrogens with zero attached hydrogens (tertiary/aromatic N) is 5. The summed E-state index contributed by atoms with van der Waals surface area (Å²) in [6.45, 7) is 6.63. The molecule has 0 unspecified atom stereocenters. The Morgan fingerprint density at radius 3 is 2.57 bits per heavy atom. The number of nitrogens with one attached hydrogen (secondary N) is 1. The summed E-state index contributed by atoms with van der Waals surface area (Å²) in [6, 6.07) is 8.83. The number of likely N-dealkylation sites (tertiary alicyclic amines) is 1. The molecule has 0 saturated carbocycles. The lowest BCUT2D eigenvalue weighted by Crippen LogP contribution is -2.36. The van der Waals surface area contributed by atoms with Gasteiger partial charge in [-0.25, -0.2) is 19.7 Å². The van der Waals surface area contributed by atoms with Crippen molar-refractivity contribution in [2.24, 2.45) is 0 Å². The first-order chi connectivity index (χ1) is 16.7. The van der Waals surface area contributed by atoms with Gasteiger partial charge in [-0.3, -0.25) is 4.79 Å². The third kappa shape index (κ3) is 5.03. The van der Waals surface area contributed by atoms with Gasteiger partial charge < -0.3 is 15.3 Å². The monoisotopic (exact) mass is 492 g/mol. The van der Waals surface area contributed by atoms with Crippen LogP contribution in [0.3, 0.4) is 0 Å². The number of piperidine rings is 1. The summed E-state index contributed by atoms with van der Waals surface area (Å²) in [4.78, 5) is 38.7. The molecule has 1 atom stereocenters. The number of halogens is 1. The molecule has 1 aliphatic rings. The van der Waals surface area contributed by atoms with Crippen molar-refractivity contribution in [3.63, 3.8) is 0 Å². The van der Waals surface area contributed by atoms with Crippen molar-refractivity contribution in [2.75, 3.05) is 18.4 Å². The topological polar surface area (TPSA) is 132 Å². The van der Waals surface area contributed by atoms with Gasteiger partial charge in [0.05, 0.1) is 28.5 Å². The van der Waals surface area contributed by atoms with Crippen molar-refractivity contribution in [2.45, 2.75) is 45.6 Å². The van der Waals surface area contributed by atoms with Crippen LogP contribution < -0.4 is 5.32 Å². The number of carboxylic acids is 1. The number of rotatable bonds is 5. The number of fused-ring (bicyclic) bond motifs is 1. The van der Waals surface area contributed by atoms with Crippen LogP contribution >= 0.6 is 11.6 Å². The minimum atomic E-state index is -1.19. The second-order valence-corrected chi connectivity index (χ2v) is 9.16. The molecule has 4 rings (SSSR count). The predicted octanol–water partition coefficient (Wildman–Crippen LogP) is 4.46. The van der Waals surface area contributed by atoms with Crippen LogP contribution in [0.5, 0.6) is 0 Å². The normalized spacial score (nSPS) is 15.0. The number of aromatic carboxylic acids is 1. The zero-order valence-electron chi connectivity index (χ0n) is 19.7. The number of aryl methyl sites for hydroxylation is 1. The van der Waals surface area contributed by atoms with Crippen molar-refractivity contribution < 1.29 is 14.7 Å². The average molecular weight is 493 g/mol. The van der Waals surface area contributed by atoms with Gasteiger partial charge in [-0.1, -0.05) is 17.7 Å². The van der Waals surface area contributed by atoms with E-state index in [1.807, 2.05) is 26.0 Å². The first-order valence-electron chi connectivity index (χ1n) is 11.3. The molecule has 9 nitrogen and oxygen atoms in total. The molecule has 1 fully saturated rings. The first kappa shape index (κ1) is 24.4. The highest BCUT2D eigenvalue weighted by Gasteiger charge is 2.27. The Morgan fingerprint density at radius 1 is 1.23 bits per heavy atom. The van der Waals surface area contributed by atoms with E-state index in [-0.39, 0.29) is 28.7 Å². The maximum atomic E-state index is 11.7. The maximum absolute atomic E-state index is 11.7. The van der Waals surface area contributed by atoms with Crippen molar-refractivity contribution in [1.82, 2.24) is 19.9 Å². The van der Waals surface area contributed by atoms with E-state index in [4.69, 9.17) is 16.6 Å². The number of anilines is 1. The van der Waals surface area contributed by atoms with Gasteiger partial charge in [0.15, 0.2) is 11.4 Å². The standard InChI is InChI=1S/C25H25ClN6O3/c1-13-10-17(14(2)28-18-4-5-21(26)30-24(18)25(34)35)23-19(11-13)29-20(12-27)22(31-23)16-6-8-32(9-7-16)15(3)33/h4-5,10-11,14,16,28H,6-9H2,1-3H3,(H,34,35)/t14-/m1/s1. The summed E-state index contributed by atoms with van der Waals surface area (Å²) in [5.74, 6) is -1.12. The molecule has 3 aromatic rings. The average Bonchev–Trinajstić information content (AvgIpc) is 2.83. The third-order valence-corrected chi connectivity index (χ3v) is 6.52. The van der Waals surface area contributed by atoms with Crippen LogP contribution in [0.4, 0.5) is 5.69 Å². The van der Waals surface area contributed by atoms with Gasteiger partial charge >= 0.3 is 5.97 Å². The predicted molar refractivity (Wildman–Crippen MR) is 131 cm³/mol. The van der Waals surface area contributed by atoms with E-state index < -0.39 is 5.97 Å². The van der Waals surface area contributed by atoms with E-state index >= 15 is 0 Å². The second kappa shape index (κ2) is 9.84. The Morgan fingerprint density at radius 2 is 1.94 bits per heavy atom. The van der Waals surface area contributed by atoms with Gasteiger partial charge in [0, 0.05) is 31.5 Å². The third-order valence-electron chi connectivity index (χ3n) is 6.31. The highest BCUT2D eigenvalue weighted by Crippen LogP contribution is 2.33. The molecule has 0 radical (unpaired) electrons. The van der Waals surface area contributed by atoms with E-state index in [2.05, 4.69) is 21.4 Å². The summed E-state index contributed by atoms with van der Waals surface area (Å²) in [6.07, 6.45) is 1.42. The number of carboxylic acid groups (broad SMARTS) is 1. The van der Waals surface area contributed by atoms with Gasteiger partial charge in [-0.05, 0) is 50.5 Å². The second-order valence-electron chi connectivity index (χ2n) is 8.77. The Kier molecular flexibility index (Phi) is 6.85. The van der Waals surface area contributed by atoms with Crippen LogP contribution in [0.2, 0.25) is 5.15 Å². The van der Waals surface area contributed by atoms with Crippen molar-refractivity contribution >= 4 is 40.2 Å². The number of pyridine rings is 1. The van der Waals surface area contributed by atoms with Gasteiger partial charge in [-0.15, -0.1) is 0 Å². The Hall–Kier alpha value is -3.77. The number of carbonyl (C=O) groups excluding carboxylic acids is 1. The van der Waals surface area contributed by atoms with E-state index in [0.29, 0.717) is 54.0 Å². The largest absolute Gasteiger partial charge is 0.476 e. The summed E-state index contributed by atoms with van der Waals surface area (Å²) in [5, 5.41) is 22.7. The SMILES string of the molecule is CC(=O)N1CCC(c2nc3c([C@@H](C)Nc4ccc(Cl)nc4C(=O)O)cc(C)cc3nc2C#N)CC1. The molecule has 1 aromatic carbocycles. The van der Waals surface area contributed by atoms with Crippen molar-refractivity contribution in [3.05, 3.63) is 57.6 Å². The fourth-order valence-electron chi connectivity index (χ4n) is 4.54. The molecule has 35 heavy (non-hydrogen) atoms. The summed E-state index contributed by atoms with van der Waals surface area (Å²) in [7, 11) is 0. The highest BCUT2D eigenvalue weighted by molar-refractivity contribution is 6.29. The zero-order chi connectivity index (χ0) is 25.3. The van der Waals surface area contributed by atoms with Crippen LogP contribution in [0.15, 0.2) is 24.3 Å². The van der Waals surface area contributed by atoms with E-state index in [1.165, 1.54) is 6.07 Å². The quantitative estimate of drug-likeness (QED) is 0.499. The van der Waals surface area contributed by atoms with Crippen LogP contribution in [0.25, 0.3) is 11.0 Å². The number of carbonyl (C=O) groups is 2. The lowest BCUT2D eigenvalue weighted by molar-refractivity contribution is -0.129. The molecule has 1 amide bonds. The molecular weight excluding hydrogens is 468 g/mol. The Labute approximate surface area is 207 Å². The van der Waals surface area contributed by atoms with E-state index in [9.17, 15) is 20.0 Å². The molecule has 10 heteroatoms. The van der Waals surface area contributed by atoms with Crippen molar-refractivity contribution in [3.8, 4) is 6.07 Å². The van der Waals surface area contributed by atoms with Gasteiger partial charge in [0.2, 0.25) is 5.91 Å². The lowest BCUT2D eigenvalue weighted by Gasteiger charge is -2.31. The molecule has 1 aliphatic heterocycles. The molecule has 180 valence electrons. The lowest BCUT2D eigenvalue weighted by atomic mass is 9.91. The fourth-order valence-corrected chi connectivity index (χ4v) is 4.68. The number of hydrogen-bond acceptors (Lipinski definition) is 7. The number of amides is 1. The van der Waals surface area contributed by atoms with Gasteiger partial charge in [0.25, 0.3) is 0 Å². The van der Waals surface area contributed by atoms with Crippen molar-refractivity contribution in [1.29, 1.82) is 5.26 Å². The van der Waals surface area contributed by atoms with Gasteiger partial charge in [0.1, 0.15) is 11.2 Å². The number of nitriles is 1. The number of aromatic nitrogens is 3. The molecular formula is C25H25ClN6O3. The zero-order valence-corrected chi connectivity index (χ0v) is 20.4. The van der Waals surface area contributed by atoms with Gasteiger partial charge in [-0.2, -0.15) is 5.26 Å². The minimum Gasteiger partial charge on any atom is -0.476 e. The molecule has 2 N–H and O–H groups in total. The maximum Gasteiger partial charge on any atom is 0.356 e. The van der Waals surface area contributed by atoms with Crippen LogP contribution in [0, 0.1) is 18.3 Å². The fraction of sp³-hybridized carbons (Fsp3) is 0.360. The Balaban J connectivity index is 1.75. The molecule has 3 heterocycles. The van der Waals surface area contributed by atoms with Crippen LogP contribution in [-0.4, -0.2) is 49.9 Å². The van der Waals surface area contributed by atoms with E-state index in [0.717, 1.165) is 11.1 Å². The molecule has 0 spiro atoms. The van der Waals surface area contributed by atoms with Crippen LogP contribution in [0.1, 0.15) is 71.7 Å². The van der Waals surface area contributed by atoms with E-state index in [1.54, 1.807) is 17.9 Å². The molecule has 2 aromatic heterocycles. The van der Waals surface area contributed by atoms with Crippen LogP contribution in [-0.2, 0) is 4.79 Å².